The number of amides is 2. The number of piperidine rings is 1. The monoisotopic (exact) mass is 515 g/mol. The first-order chi connectivity index (χ1) is 17.7. The molecule has 2 amide bonds. The fourth-order valence-electron chi connectivity index (χ4n) is 4.43. The molecule has 13 heteroatoms. The minimum absolute atomic E-state index is 0.110. The van der Waals surface area contributed by atoms with Gasteiger partial charge < -0.3 is 35.6 Å². The largest absolute Gasteiger partial charge is 0.447 e. The van der Waals surface area contributed by atoms with Crippen molar-refractivity contribution in [2.75, 3.05) is 25.4 Å². The van der Waals surface area contributed by atoms with E-state index in [2.05, 4.69) is 32.1 Å². The fraction of sp³-hybridized carbons (Fsp3) is 0.625. The molecule has 2 saturated heterocycles. The molecule has 0 saturated carbocycles. The van der Waals surface area contributed by atoms with Gasteiger partial charge in [0.15, 0.2) is 23.8 Å². The highest BCUT2D eigenvalue weighted by molar-refractivity contribution is 5.83. The zero-order valence-corrected chi connectivity index (χ0v) is 21.1. The lowest BCUT2D eigenvalue weighted by Gasteiger charge is -2.31. The summed E-state index contributed by atoms with van der Waals surface area (Å²) in [7, 11) is 0. The normalized spacial score (nSPS) is 24.2. The maximum absolute atomic E-state index is 12.2. The highest BCUT2D eigenvalue weighted by atomic mass is 16.6. The van der Waals surface area contributed by atoms with Gasteiger partial charge in [-0.25, -0.2) is 19.7 Å². The number of carbonyl (C=O) groups excluding carboxylic acids is 2. The Kier molecular flexibility index (Phi) is 8.11. The van der Waals surface area contributed by atoms with E-state index in [1.54, 1.807) is 11.8 Å². The summed E-state index contributed by atoms with van der Waals surface area (Å²) < 4.78 is 12.3. The van der Waals surface area contributed by atoms with Gasteiger partial charge in [-0.1, -0.05) is 5.92 Å². The van der Waals surface area contributed by atoms with Crippen LogP contribution in [-0.2, 0) is 14.3 Å². The van der Waals surface area contributed by atoms with E-state index in [4.69, 9.17) is 15.2 Å². The van der Waals surface area contributed by atoms with E-state index in [9.17, 15) is 19.8 Å². The topological polar surface area (TPSA) is 178 Å². The molecular weight excluding hydrogens is 482 g/mol. The molecule has 0 aromatic carbocycles. The van der Waals surface area contributed by atoms with Gasteiger partial charge in [0.1, 0.15) is 17.7 Å². The summed E-state index contributed by atoms with van der Waals surface area (Å²) in [5.74, 6) is 6.14. The molecule has 2 aromatic rings. The number of imidazole rings is 1. The molecule has 2 aliphatic rings. The smallest absolute Gasteiger partial charge is 0.410 e. The van der Waals surface area contributed by atoms with Crippen LogP contribution in [0.3, 0.4) is 0 Å². The Morgan fingerprint density at radius 2 is 2.00 bits per heavy atom. The summed E-state index contributed by atoms with van der Waals surface area (Å²) in [6, 6.07) is 0. The van der Waals surface area contributed by atoms with E-state index < -0.39 is 30.4 Å². The van der Waals surface area contributed by atoms with Crippen LogP contribution in [0.4, 0.5) is 10.6 Å². The predicted octanol–water partition coefficient (Wildman–Crippen LogP) is 0.162. The molecule has 2 aromatic heterocycles. The van der Waals surface area contributed by atoms with Crippen LogP contribution < -0.4 is 11.1 Å². The molecule has 4 heterocycles. The molecule has 4 atom stereocenters. The first-order valence-electron chi connectivity index (χ1n) is 12.4. The lowest BCUT2D eigenvalue weighted by atomic mass is 9.94. The van der Waals surface area contributed by atoms with Crippen molar-refractivity contribution in [3.05, 3.63) is 12.2 Å². The molecule has 0 bridgehead atoms. The minimum atomic E-state index is -1.42. The van der Waals surface area contributed by atoms with Crippen molar-refractivity contribution >= 4 is 29.0 Å². The quantitative estimate of drug-likeness (QED) is 0.401. The highest BCUT2D eigenvalue weighted by Gasteiger charge is 2.47. The Balaban J connectivity index is 1.45. The van der Waals surface area contributed by atoms with Crippen LogP contribution in [0.1, 0.15) is 52.1 Å². The molecule has 0 aliphatic carbocycles. The van der Waals surface area contributed by atoms with Gasteiger partial charge in [-0.15, -0.1) is 0 Å². The third kappa shape index (κ3) is 5.76. The number of nitrogens with zero attached hydrogens (tertiary/aromatic N) is 5. The number of hydrogen-bond donors (Lipinski definition) is 4. The SMILES string of the molecule is CCNC(=O)[C@H]1O[C@@H](n2cnc3c(N)nc(C#CCC4CCN(C(=O)OC(C)C)CC4)nc32)[C@@H](O)C1O. The van der Waals surface area contributed by atoms with Gasteiger partial charge in [0.25, 0.3) is 5.91 Å². The standard InChI is InChI=1S/C24H33N7O6/c1-4-26-22(34)19-17(32)18(33)23(37-19)31-12-27-16-20(25)28-15(29-21(16)31)7-5-6-14-8-10-30(11-9-14)24(35)36-13(2)3/h12-14,17-19,23,32-33H,4,6,8-11H2,1-3H3,(H,26,34)(H2,25,28,29)/t17?,18-,19-,23+/m0/s1. The van der Waals surface area contributed by atoms with E-state index in [1.807, 2.05) is 13.8 Å². The van der Waals surface area contributed by atoms with Gasteiger partial charge in [-0.3, -0.25) is 9.36 Å². The van der Waals surface area contributed by atoms with Crippen LogP contribution in [0.25, 0.3) is 11.2 Å². The number of aliphatic hydroxyl groups is 2. The number of rotatable bonds is 5. The lowest BCUT2D eigenvalue weighted by molar-refractivity contribution is -0.137. The van der Waals surface area contributed by atoms with Crippen LogP contribution in [0.2, 0.25) is 0 Å². The Labute approximate surface area is 214 Å². The number of likely N-dealkylation sites (tertiary alicyclic amines) is 1. The average molecular weight is 516 g/mol. The molecule has 1 unspecified atom stereocenters. The number of hydrogen-bond acceptors (Lipinski definition) is 10. The minimum Gasteiger partial charge on any atom is -0.447 e. The van der Waals surface area contributed by atoms with Gasteiger partial charge >= 0.3 is 6.09 Å². The molecular formula is C24H33N7O6. The van der Waals surface area contributed by atoms with Gasteiger partial charge in [0.2, 0.25) is 5.82 Å². The lowest BCUT2D eigenvalue weighted by Crippen LogP contribution is -2.42. The van der Waals surface area contributed by atoms with E-state index in [-0.39, 0.29) is 35.0 Å². The number of nitrogens with two attached hydrogens (primary N) is 1. The number of aromatic nitrogens is 4. The summed E-state index contributed by atoms with van der Waals surface area (Å²) in [5, 5.41) is 23.5. The summed E-state index contributed by atoms with van der Waals surface area (Å²) in [4.78, 5) is 38.9. The molecule has 0 spiro atoms. The maximum Gasteiger partial charge on any atom is 0.410 e. The van der Waals surface area contributed by atoms with Crippen molar-refractivity contribution < 1.29 is 29.3 Å². The number of nitrogens with one attached hydrogen (secondary N) is 1. The molecule has 4 rings (SSSR count). The summed E-state index contributed by atoms with van der Waals surface area (Å²) in [6.45, 7) is 7.00. The number of nitrogen functional groups attached to an aromatic ring is 1. The molecule has 200 valence electrons. The van der Waals surface area contributed by atoms with Gasteiger partial charge in [-0.2, -0.15) is 0 Å². The molecule has 37 heavy (non-hydrogen) atoms. The zero-order chi connectivity index (χ0) is 26.7. The van der Waals surface area contributed by atoms with E-state index in [0.717, 1.165) is 12.8 Å². The van der Waals surface area contributed by atoms with Crippen molar-refractivity contribution in [2.24, 2.45) is 5.92 Å². The van der Waals surface area contributed by atoms with Crippen molar-refractivity contribution in [3.8, 4) is 11.8 Å². The summed E-state index contributed by atoms with van der Waals surface area (Å²) in [6.07, 6.45) is -1.97. The average Bonchev–Trinajstić information content (AvgIpc) is 3.40. The van der Waals surface area contributed by atoms with Crippen LogP contribution in [0.5, 0.6) is 0 Å². The van der Waals surface area contributed by atoms with E-state index in [0.29, 0.717) is 32.0 Å². The Morgan fingerprint density at radius 1 is 1.27 bits per heavy atom. The van der Waals surface area contributed by atoms with Crippen molar-refractivity contribution in [3.63, 3.8) is 0 Å². The third-order valence-corrected chi connectivity index (χ3v) is 6.37. The van der Waals surface area contributed by atoms with Crippen LogP contribution in [-0.4, -0.2) is 90.7 Å². The van der Waals surface area contributed by atoms with Crippen molar-refractivity contribution in [2.45, 2.75) is 70.7 Å². The summed E-state index contributed by atoms with van der Waals surface area (Å²) in [5.41, 5.74) is 6.63. The molecule has 2 fully saturated rings. The van der Waals surface area contributed by atoms with Gasteiger partial charge in [-0.05, 0) is 45.5 Å². The molecule has 5 N–H and O–H groups in total. The predicted molar refractivity (Wildman–Crippen MR) is 132 cm³/mol. The van der Waals surface area contributed by atoms with Gasteiger partial charge in [0, 0.05) is 26.1 Å². The number of fused-ring (bicyclic) bond motifs is 1. The number of likely N-dealkylation sites (N-methyl/N-ethyl adjacent to an activating group) is 1. The molecule has 2 aliphatic heterocycles. The fourth-order valence-corrected chi connectivity index (χ4v) is 4.43. The third-order valence-electron chi connectivity index (χ3n) is 6.37. The molecule has 0 radical (unpaired) electrons. The number of aliphatic hydroxyl groups excluding tert-OH is 2. The zero-order valence-electron chi connectivity index (χ0n) is 21.1. The Bertz CT molecular complexity index is 1200. The number of carbonyl (C=O) groups is 2. The van der Waals surface area contributed by atoms with Crippen LogP contribution >= 0.6 is 0 Å². The van der Waals surface area contributed by atoms with Crippen molar-refractivity contribution in [1.29, 1.82) is 0 Å². The second-order valence-corrected chi connectivity index (χ2v) is 9.45. The highest BCUT2D eigenvalue weighted by Crippen LogP contribution is 2.32. The first-order valence-corrected chi connectivity index (χ1v) is 12.4. The van der Waals surface area contributed by atoms with E-state index >= 15 is 0 Å². The van der Waals surface area contributed by atoms with E-state index in [1.165, 1.54) is 10.9 Å². The second-order valence-electron chi connectivity index (χ2n) is 9.45. The first kappa shape index (κ1) is 26.6. The van der Waals surface area contributed by atoms with Crippen molar-refractivity contribution in [1.82, 2.24) is 29.7 Å². The number of anilines is 1. The van der Waals surface area contributed by atoms with Crippen LogP contribution in [0, 0.1) is 17.8 Å². The number of ether oxygens (including phenoxy) is 2. The molecule has 13 nitrogen and oxygen atoms in total. The van der Waals surface area contributed by atoms with Crippen LogP contribution in [0.15, 0.2) is 6.33 Å². The Hall–Kier alpha value is -3.47. The Morgan fingerprint density at radius 3 is 2.68 bits per heavy atom. The van der Waals surface area contributed by atoms with Gasteiger partial charge in [0.05, 0.1) is 12.4 Å². The maximum atomic E-state index is 12.2. The summed E-state index contributed by atoms with van der Waals surface area (Å²) >= 11 is 0. The second kappa shape index (κ2) is 11.3.